The van der Waals surface area contributed by atoms with Crippen molar-refractivity contribution in [3.8, 4) is 0 Å². The van der Waals surface area contributed by atoms with Crippen molar-refractivity contribution < 1.29 is 4.79 Å². The van der Waals surface area contributed by atoms with Gasteiger partial charge in [-0.15, -0.1) is 24.8 Å². The molecule has 0 aromatic rings. The van der Waals surface area contributed by atoms with Gasteiger partial charge in [0.1, 0.15) is 0 Å². The maximum Gasteiger partial charge on any atom is 0.220 e. The summed E-state index contributed by atoms with van der Waals surface area (Å²) in [5, 5.41) is 6.68. The van der Waals surface area contributed by atoms with Gasteiger partial charge in [0.25, 0.3) is 0 Å². The van der Waals surface area contributed by atoms with Gasteiger partial charge in [-0.1, -0.05) is 20.8 Å². The van der Waals surface area contributed by atoms with Crippen molar-refractivity contribution in [3.05, 3.63) is 0 Å². The molecule has 2 aliphatic rings. The van der Waals surface area contributed by atoms with Crippen molar-refractivity contribution in [3.63, 3.8) is 0 Å². The molecule has 156 valence electrons. The summed E-state index contributed by atoms with van der Waals surface area (Å²) in [5.74, 6) is 2.85. The van der Waals surface area contributed by atoms with Gasteiger partial charge in [0.05, 0.1) is 0 Å². The first-order valence-electron chi connectivity index (χ1n) is 10.0. The number of halogens is 2. The van der Waals surface area contributed by atoms with E-state index >= 15 is 0 Å². The number of carbonyl (C=O) groups is 1. The summed E-state index contributed by atoms with van der Waals surface area (Å²) in [6, 6.07) is 0. The molecule has 0 aromatic carbocycles. The summed E-state index contributed by atoms with van der Waals surface area (Å²) < 4.78 is 0. The SMILES string of the molecule is CC1CC(C)CN(C(C)(C)CNC(=O)CC(C)C2CCCNC2)C1.Cl.Cl. The number of nitrogens with zero attached hydrogens (tertiary/aromatic N) is 1. The lowest BCUT2D eigenvalue weighted by molar-refractivity contribution is -0.123. The Morgan fingerprint density at radius 3 is 2.38 bits per heavy atom. The molecule has 0 aliphatic carbocycles. The Bertz CT molecular complexity index is 404. The summed E-state index contributed by atoms with van der Waals surface area (Å²) in [7, 11) is 0. The predicted molar refractivity (Wildman–Crippen MR) is 115 cm³/mol. The second kappa shape index (κ2) is 11.7. The molecule has 2 fully saturated rings. The zero-order chi connectivity index (χ0) is 17.7. The van der Waals surface area contributed by atoms with Crippen molar-refractivity contribution in [1.29, 1.82) is 0 Å². The number of likely N-dealkylation sites (tertiary alicyclic amines) is 1. The molecule has 4 atom stereocenters. The van der Waals surface area contributed by atoms with E-state index in [0.29, 0.717) is 18.3 Å². The highest BCUT2D eigenvalue weighted by molar-refractivity contribution is 5.85. The molecule has 4 nitrogen and oxygen atoms in total. The van der Waals surface area contributed by atoms with Gasteiger partial charge in [-0.2, -0.15) is 0 Å². The summed E-state index contributed by atoms with van der Waals surface area (Å²) in [5.41, 5.74) is 0.0359. The molecule has 0 bridgehead atoms. The molecule has 0 aromatic heterocycles. The monoisotopic (exact) mass is 409 g/mol. The van der Waals surface area contributed by atoms with Crippen LogP contribution in [0.25, 0.3) is 0 Å². The van der Waals surface area contributed by atoms with Crippen molar-refractivity contribution in [2.24, 2.45) is 23.7 Å². The third-order valence-corrected chi connectivity index (χ3v) is 6.09. The van der Waals surface area contributed by atoms with Gasteiger partial charge in [0.2, 0.25) is 5.91 Å². The van der Waals surface area contributed by atoms with E-state index < -0.39 is 0 Å². The van der Waals surface area contributed by atoms with Gasteiger partial charge in [0.15, 0.2) is 0 Å². The minimum absolute atomic E-state index is 0. The van der Waals surface area contributed by atoms with Gasteiger partial charge >= 0.3 is 0 Å². The van der Waals surface area contributed by atoms with Gasteiger partial charge < -0.3 is 10.6 Å². The molecule has 2 rings (SSSR count). The van der Waals surface area contributed by atoms with Crippen molar-refractivity contribution in [2.45, 2.75) is 65.8 Å². The van der Waals surface area contributed by atoms with Gasteiger partial charge in [-0.3, -0.25) is 9.69 Å². The largest absolute Gasteiger partial charge is 0.354 e. The Morgan fingerprint density at radius 1 is 1.23 bits per heavy atom. The maximum atomic E-state index is 12.4. The normalized spacial score (nSPS) is 28.4. The highest BCUT2D eigenvalue weighted by Crippen LogP contribution is 2.27. The molecule has 1 amide bonds. The fourth-order valence-electron chi connectivity index (χ4n) is 4.48. The second-order valence-corrected chi connectivity index (χ2v) is 9.23. The van der Waals surface area contributed by atoms with Crippen molar-refractivity contribution in [2.75, 3.05) is 32.7 Å². The first kappa shape index (κ1) is 26.0. The molecule has 4 unspecified atom stereocenters. The van der Waals surface area contributed by atoms with Crippen LogP contribution in [0.2, 0.25) is 0 Å². The van der Waals surface area contributed by atoms with Crippen LogP contribution in [0.3, 0.4) is 0 Å². The number of carbonyl (C=O) groups excluding carboxylic acids is 1. The number of hydrogen-bond donors (Lipinski definition) is 2. The Labute approximate surface area is 173 Å². The molecular weight excluding hydrogens is 369 g/mol. The summed E-state index contributed by atoms with van der Waals surface area (Å²) >= 11 is 0. The molecule has 0 spiro atoms. The van der Waals surface area contributed by atoms with Gasteiger partial charge in [-0.05, 0) is 69.9 Å². The number of rotatable bonds is 6. The standard InChI is InChI=1S/C20H39N3O.2ClH/c1-15-9-16(2)13-23(12-15)20(4,5)14-22-19(24)10-17(3)18-7-6-8-21-11-18;;/h15-18,21H,6-14H2,1-5H3,(H,22,24);2*1H. The third-order valence-electron chi connectivity index (χ3n) is 6.09. The van der Waals surface area contributed by atoms with Crippen molar-refractivity contribution >= 4 is 30.7 Å². The lowest BCUT2D eigenvalue weighted by Crippen LogP contribution is -2.56. The Morgan fingerprint density at radius 2 is 1.85 bits per heavy atom. The van der Waals surface area contributed by atoms with E-state index in [2.05, 4.69) is 50.2 Å². The van der Waals surface area contributed by atoms with E-state index in [1.165, 1.54) is 19.3 Å². The average molecular weight is 410 g/mol. The fourth-order valence-corrected chi connectivity index (χ4v) is 4.48. The molecule has 2 N–H and O–H groups in total. The van der Waals surface area contributed by atoms with Crippen LogP contribution in [0.5, 0.6) is 0 Å². The van der Waals surface area contributed by atoms with E-state index in [9.17, 15) is 4.79 Å². The number of amides is 1. The zero-order valence-corrected chi connectivity index (χ0v) is 19.0. The molecule has 26 heavy (non-hydrogen) atoms. The fraction of sp³-hybridized carbons (Fsp3) is 0.950. The first-order valence-corrected chi connectivity index (χ1v) is 10.0. The highest BCUT2D eigenvalue weighted by atomic mass is 35.5. The lowest BCUT2D eigenvalue weighted by atomic mass is 9.85. The quantitative estimate of drug-likeness (QED) is 0.701. The molecule has 0 radical (unpaired) electrons. The van der Waals surface area contributed by atoms with E-state index in [-0.39, 0.29) is 36.3 Å². The minimum Gasteiger partial charge on any atom is -0.354 e. The Kier molecular flexibility index (Phi) is 11.7. The van der Waals surface area contributed by atoms with Crippen LogP contribution in [-0.2, 0) is 4.79 Å². The predicted octanol–water partition coefficient (Wildman–Crippen LogP) is 3.73. The lowest BCUT2D eigenvalue weighted by Gasteiger charge is -2.45. The van der Waals surface area contributed by atoms with Crippen LogP contribution in [0.1, 0.15) is 60.3 Å². The van der Waals surface area contributed by atoms with Crippen LogP contribution in [-0.4, -0.2) is 49.1 Å². The Balaban J connectivity index is 0.00000312. The number of hydrogen-bond acceptors (Lipinski definition) is 3. The highest BCUT2D eigenvalue weighted by Gasteiger charge is 2.33. The van der Waals surface area contributed by atoms with Crippen LogP contribution in [0.4, 0.5) is 0 Å². The minimum atomic E-state index is 0. The third kappa shape index (κ3) is 7.92. The summed E-state index contributed by atoms with van der Waals surface area (Å²) in [6.45, 7) is 16.7. The number of nitrogens with one attached hydrogen (secondary N) is 2. The topological polar surface area (TPSA) is 44.4 Å². The van der Waals surface area contributed by atoms with E-state index in [1.54, 1.807) is 0 Å². The van der Waals surface area contributed by atoms with Crippen molar-refractivity contribution in [1.82, 2.24) is 15.5 Å². The molecule has 2 saturated heterocycles. The molecule has 2 aliphatic heterocycles. The summed E-state index contributed by atoms with van der Waals surface area (Å²) in [4.78, 5) is 15.0. The van der Waals surface area contributed by atoms with Gasteiger partial charge in [0, 0.05) is 31.6 Å². The van der Waals surface area contributed by atoms with Crippen LogP contribution in [0, 0.1) is 23.7 Å². The smallest absolute Gasteiger partial charge is 0.220 e. The molecular formula is C20H41Cl2N3O. The van der Waals surface area contributed by atoms with Crippen LogP contribution in [0.15, 0.2) is 0 Å². The average Bonchev–Trinajstić information content (AvgIpc) is 2.53. The van der Waals surface area contributed by atoms with Crippen LogP contribution >= 0.6 is 24.8 Å². The van der Waals surface area contributed by atoms with E-state index in [1.807, 2.05) is 0 Å². The Hall–Kier alpha value is -0.0300. The molecule has 0 saturated carbocycles. The van der Waals surface area contributed by atoms with Crippen LogP contribution < -0.4 is 10.6 Å². The molecule has 6 heteroatoms. The second-order valence-electron chi connectivity index (χ2n) is 9.23. The number of piperidine rings is 2. The summed E-state index contributed by atoms with van der Waals surface area (Å²) in [6.07, 6.45) is 4.49. The van der Waals surface area contributed by atoms with E-state index in [4.69, 9.17) is 0 Å². The first-order chi connectivity index (χ1) is 11.3. The zero-order valence-electron chi connectivity index (χ0n) is 17.3. The maximum absolute atomic E-state index is 12.4. The van der Waals surface area contributed by atoms with Gasteiger partial charge in [-0.25, -0.2) is 0 Å². The van der Waals surface area contributed by atoms with E-state index in [0.717, 1.165) is 44.6 Å². The molecule has 2 heterocycles.